The summed E-state index contributed by atoms with van der Waals surface area (Å²) in [7, 11) is 0. The zero-order chi connectivity index (χ0) is 24.9. The van der Waals surface area contributed by atoms with E-state index < -0.39 is 17.8 Å². The summed E-state index contributed by atoms with van der Waals surface area (Å²) in [6.07, 6.45) is 11.2. The number of amides is 1. The molecule has 2 aliphatic rings. The molecule has 1 aromatic heterocycles. The topological polar surface area (TPSA) is 121 Å². The van der Waals surface area contributed by atoms with Crippen molar-refractivity contribution in [3.63, 3.8) is 0 Å². The molecular weight excluding hydrogens is 471 g/mol. The monoisotopic (exact) mass is 500 g/mol. The van der Waals surface area contributed by atoms with Crippen molar-refractivity contribution >= 4 is 23.3 Å². The van der Waals surface area contributed by atoms with Gasteiger partial charge in [-0.15, -0.1) is 0 Å². The van der Waals surface area contributed by atoms with Gasteiger partial charge in [0.25, 0.3) is 5.91 Å². The predicted octanol–water partition coefficient (Wildman–Crippen LogP) is 3.92. The molecule has 1 fully saturated rings. The molecule has 0 aliphatic heterocycles. The maximum Gasteiger partial charge on any atom is 0.254 e. The first-order valence-corrected chi connectivity index (χ1v) is 12.2. The third-order valence-electron chi connectivity index (χ3n) is 6.93. The van der Waals surface area contributed by atoms with Crippen molar-refractivity contribution in [2.75, 3.05) is 18.9 Å². The van der Waals surface area contributed by atoms with E-state index in [0.717, 1.165) is 31.4 Å². The van der Waals surface area contributed by atoms with E-state index in [1.807, 2.05) is 6.08 Å². The first-order valence-electron chi connectivity index (χ1n) is 11.9. The minimum atomic E-state index is -0.719. The third kappa shape index (κ3) is 5.89. The summed E-state index contributed by atoms with van der Waals surface area (Å²) < 4.78 is 15.0. The molecule has 1 amide bonds. The molecule has 35 heavy (non-hydrogen) atoms. The minimum absolute atomic E-state index is 0.140. The van der Waals surface area contributed by atoms with Crippen LogP contribution in [0.3, 0.4) is 0 Å². The zero-order valence-electron chi connectivity index (χ0n) is 19.3. The second kappa shape index (κ2) is 11.3. The Hall–Kier alpha value is -2.81. The van der Waals surface area contributed by atoms with Crippen molar-refractivity contribution in [2.24, 2.45) is 11.8 Å². The van der Waals surface area contributed by atoms with E-state index in [-0.39, 0.29) is 36.4 Å². The molecule has 5 N–H and O–H groups in total. The van der Waals surface area contributed by atoms with Crippen LogP contribution >= 0.6 is 11.6 Å². The Labute approximate surface area is 208 Å². The highest BCUT2D eigenvalue weighted by atomic mass is 35.5. The van der Waals surface area contributed by atoms with Crippen LogP contribution in [-0.2, 0) is 0 Å². The molecule has 1 unspecified atom stereocenters. The molecule has 4 rings (SSSR count). The van der Waals surface area contributed by atoms with Crippen molar-refractivity contribution in [1.29, 1.82) is 0 Å². The Morgan fingerprint density at radius 1 is 1.26 bits per heavy atom. The van der Waals surface area contributed by atoms with Gasteiger partial charge in [-0.2, -0.15) is 0 Å². The van der Waals surface area contributed by atoms with Gasteiger partial charge in [-0.05, 0) is 56.2 Å². The Morgan fingerprint density at radius 3 is 2.69 bits per heavy atom. The number of aromatic nitrogens is 2. The summed E-state index contributed by atoms with van der Waals surface area (Å²) in [6, 6.07) is 3.62. The number of nitrogens with two attached hydrogens (primary N) is 1. The Morgan fingerprint density at radius 2 is 2.03 bits per heavy atom. The van der Waals surface area contributed by atoms with Crippen LogP contribution in [0.2, 0.25) is 0 Å². The highest BCUT2D eigenvalue weighted by Crippen LogP contribution is 2.36. The SMILES string of the molecule is Nc1ncc([C@H]2CC[C@@H](CO)CC2)nc1-c1ccc(C(=O)N[C@H](CO)C2C=CC=C(Cl)C2)c(F)c1. The number of carbonyl (C=O) groups excluding carboxylic acids is 1. The number of rotatable bonds is 7. The lowest BCUT2D eigenvalue weighted by molar-refractivity contribution is 0.0895. The molecule has 0 spiro atoms. The predicted molar refractivity (Wildman–Crippen MR) is 133 cm³/mol. The number of benzene rings is 1. The van der Waals surface area contributed by atoms with Gasteiger partial charge in [0.2, 0.25) is 0 Å². The fourth-order valence-electron chi connectivity index (χ4n) is 4.78. The largest absolute Gasteiger partial charge is 0.396 e. The van der Waals surface area contributed by atoms with Crippen molar-refractivity contribution in [2.45, 2.75) is 44.1 Å². The highest BCUT2D eigenvalue weighted by Gasteiger charge is 2.26. The summed E-state index contributed by atoms with van der Waals surface area (Å²) in [5.41, 5.74) is 7.53. The number of halogens is 2. The normalized spacial score (nSPS) is 23.0. The number of nitrogen functional groups attached to an aromatic ring is 1. The highest BCUT2D eigenvalue weighted by molar-refractivity contribution is 6.29. The molecule has 2 atom stereocenters. The van der Waals surface area contributed by atoms with E-state index in [9.17, 15) is 15.0 Å². The molecule has 0 saturated heterocycles. The number of hydrogen-bond donors (Lipinski definition) is 4. The molecule has 2 aromatic rings. The van der Waals surface area contributed by atoms with Crippen LogP contribution in [0.1, 0.15) is 54.1 Å². The smallest absolute Gasteiger partial charge is 0.254 e. The molecule has 1 heterocycles. The Balaban J connectivity index is 1.50. The lowest BCUT2D eigenvalue weighted by atomic mass is 9.81. The Bertz CT molecular complexity index is 1130. The third-order valence-corrected chi connectivity index (χ3v) is 7.21. The molecule has 0 radical (unpaired) electrons. The Kier molecular flexibility index (Phi) is 8.15. The lowest BCUT2D eigenvalue weighted by Gasteiger charge is -2.27. The van der Waals surface area contributed by atoms with Gasteiger partial charge in [0.1, 0.15) is 17.3 Å². The van der Waals surface area contributed by atoms with Crippen LogP contribution in [0, 0.1) is 17.7 Å². The second-order valence-corrected chi connectivity index (χ2v) is 9.74. The minimum Gasteiger partial charge on any atom is -0.396 e. The molecule has 7 nitrogen and oxygen atoms in total. The molecule has 1 aromatic carbocycles. The summed E-state index contributed by atoms with van der Waals surface area (Å²) in [4.78, 5) is 21.7. The molecule has 186 valence electrons. The number of nitrogens with one attached hydrogen (secondary N) is 1. The van der Waals surface area contributed by atoms with Gasteiger partial charge in [0.15, 0.2) is 0 Å². The number of aliphatic hydroxyl groups excluding tert-OH is 2. The standard InChI is InChI=1S/C26H30ClFN4O3/c27-19-3-1-2-17(10-19)23(14-34)32-26(35)20-9-8-18(11-21(20)28)24-25(29)30-12-22(31-24)16-6-4-15(13-33)5-7-16/h1-3,8-9,11-12,15-17,23,33-34H,4-7,10,13-14H2,(H2,29,30)(H,32,35)/t15-,16+,17?,23-/m1/s1. The molecule has 9 heteroatoms. The zero-order valence-corrected chi connectivity index (χ0v) is 20.1. The van der Waals surface area contributed by atoms with Crippen molar-refractivity contribution < 1.29 is 19.4 Å². The van der Waals surface area contributed by atoms with E-state index in [1.165, 1.54) is 12.1 Å². The number of anilines is 1. The van der Waals surface area contributed by atoms with Gasteiger partial charge in [-0.3, -0.25) is 4.79 Å². The van der Waals surface area contributed by atoms with Gasteiger partial charge in [-0.25, -0.2) is 14.4 Å². The number of nitrogens with zero attached hydrogens (tertiary/aromatic N) is 2. The van der Waals surface area contributed by atoms with Gasteiger partial charge in [-0.1, -0.05) is 29.8 Å². The number of allylic oxidation sites excluding steroid dienone is 3. The maximum absolute atomic E-state index is 15.0. The number of hydrogen-bond acceptors (Lipinski definition) is 6. The van der Waals surface area contributed by atoms with Gasteiger partial charge < -0.3 is 21.3 Å². The molecular formula is C26H30ClFN4O3. The van der Waals surface area contributed by atoms with E-state index in [2.05, 4.69) is 15.3 Å². The van der Waals surface area contributed by atoms with E-state index in [0.29, 0.717) is 28.6 Å². The van der Waals surface area contributed by atoms with Crippen LogP contribution in [0.4, 0.5) is 10.2 Å². The van der Waals surface area contributed by atoms with E-state index >= 15 is 4.39 Å². The van der Waals surface area contributed by atoms with E-state index in [4.69, 9.17) is 17.3 Å². The first kappa shape index (κ1) is 25.3. The molecule has 1 saturated carbocycles. The first-order chi connectivity index (χ1) is 16.9. The van der Waals surface area contributed by atoms with Gasteiger partial charge in [0.05, 0.1) is 30.1 Å². The summed E-state index contributed by atoms with van der Waals surface area (Å²) in [6.45, 7) is -0.102. The van der Waals surface area contributed by atoms with Crippen molar-refractivity contribution in [1.82, 2.24) is 15.3 Å². The lowest BCUT2D eigenvalue weighted by Crippen LogP contribution is -2.43. The maximum atomic E-state index is 15.0. The van der Waals surface area contributed by atoms with Crippen LogP contribution in [-0.4, -0.2) is 45.3 Å². The number of carbonyl (C=O) groups is 1. The van der Waals surface area contributed by atoms with Crippen molar-refractivity contribution in [3.8, 4) is 11.3 Å². The van der Waals surface area contributed by atoms with Crippen LogP contribution in [0.15, 0.2) is 47.7 Å². The fourth-order valence-corrected chi connectivity index (χ4v) is 5.03. The van der Waals surface area contributed by atoms with Crippen molar-refractivity contribution in [3.05, 3.63) is 64.7 Å². The van der Waals surface area contributed by atoms with Crippen LogP contribution < -0.4 is 11.1 Å². The van der Waals surface area contributed by atoms with Crippen LogP contribution in [0.5, 0.6) is 0 Å². The summed E-state index contributed by atoms with van der Waals surface area (Å²) >= 11 is 6.08. The molecule has 0 bridgehead atoms. The van der Waals surface area contributed by atoms with Crippen LogP contribution in [0.25, 0.3) is 11.3 Å². The summed E-state index contributed by atoms with van der Waals surface area (Å²) in [5, 5.41) is 22.5. The number of aliphatic hydroxyl groups is 2. The quantitative estimate of drug-likeness (QED) is 0.457. The average Bonchev–Trinajstić information content (AvgIpc) is 2.87. The fraction of sp³-hybridized carbons (Fsp3) is 0.423. The van der Waals surface area contributed by atoms with E-state index in [1.54, 1.807) is 24.4 Å². The van der Waals surface area contributed by atoms with Gasteiger partial charge >= 0.3 is 0 Å². The molecule has 2 aliphatic carbocycles. The second-order valence-electron chi connectivity index (χ2n) is 9.25. The average molecular weight is 501 g/mol. The van der Waals surface area contributed by atoms with Gasteiger partial charge in [0, 0.05) is 29.0 Å². The summed E-state index contributed by atoms with van der Waals surface area (Å²) in [5.74, 6) is -0.803.